The fourth-order valence-corrected chi connectivity index (χ4v) is 2.31. The van der Waals surface area contributed by atoms with E-state index in [2.05, 4.69) is 4.98 Å². The van der Waals surface area contributed by atoms with Gasteiger partial charge in [0.05, 0.1) is 5.56 Å². The summed E-state index contributed by atoms with van der Waals surface area (Å²) >= 11 is 0. The molecule has 3 rings (SSSR count). The number of furan rings is 1. The summed E-state index contributed by atoms with van der Waals surface area (Å²) in [4.78, 5) is 15.3. The summed E-state index contributed by atoms with van der Waals surface area (Å²) in [5.41, 5.74) is 0.280. The van der Waals surface area contributed by atoms with Crippen molar-refractivity contribution in [1.82, 2.24) is 4.98 Å². The van der Waals surface area contributed by atoms with Crippen molar-refractivity contribution in [2.24, 2.45) is 0 Å². The Morgan fingerprint density at radius 1 is 1.04 bits per heavy atom. The molecule has 1 N–H and O–H groups in total. The van der Waals surface area contributed by atoms with Gasteiger partial charge in [0.2, 0.25) is 0 Å². The average molecular weight is 396 g/mol. The zero-order valence-electron chi connectivity index (χ0n) is 13.6. The van der Waals surface area contributed by atoms with Gasteiger partial charge in [-0.3, -0.25) is 4.98 Å². The second-order valence-corrected chi connectivity index (χ2v) is 5.38. The number of pyridine rings is 1. The molecular weight excluding hydrogens is 383 g/mol. The monoisotopic (exact) mass is 395 g/mol. The molecule has 0 bridgehead atoms. The Kier molecular flexibility index (Phi) is 6.07. The van der Waals surface area contributed by atoms with Crippen LogP contribution < -0.4 is 0 Å². The molecular formula is C19H13ClF3NO3. The van der Waals surface area contributed by atoms with E-state index in [0.29, 0.717) is 5.56 Å². The van der Waals surface area contributed by atoms with Gasteiger partial charge in [0.15, 0.2) is 0 Å². The lowest BCUT2D eigenvalue weighted by atomic mass is 10.1. The largest absolute Gasteiger partial charge is 0.478 e. The number of rotatable bonds is 4. The number of carbonyl (C=O) groups is 1. The zero-order valence-corrected chi connectivity index (χ0v) is 14.4. The van der Waals surface area contributed by atoms with Crippen LogP contribution in [0.5, 0.6) is 0 Å². The number of nitrogens with zero attached hydrogens (tertiary/aromatic N) is 1. The van der Waals surface area contributed by atoms with Crippen LogP contribution in [0.1, 0.15) is 27.2 Å². The number of halogens is 4. The van der Waals surface area contributed by atoms with Gasteiger partial charge in [0.25, 0.3) is 0 Å². The SMILES string of the molecule is Cl.O=C(O)c1cc(-c2ccc(C(F)(F)F)cc2)oc1/C=C/c1ccncc1. The van der Waals surface area contributed by atoms with Gasteiger partial charge in [-0.15, -0.1) is 12.4 Å². The normalized spacial score (nSPS) is 11.4. The lowest BCUT2D eigenvalue weighted by Crippen LogP contribution is -2.03. The van der Waals surface area contributed by atoms with Gasteiger partial charge in [-0.2, -0.15) is 13.2 Å². The molecule has 2 aromatic heterocycles. The van der Waals surface area contributed by atoms with E-state index in [4.69, 9.17) is 4.42 Å². The highest BCUT2D eigenvalue weighted by Gasteiger charge is 2.30. The van der Waals surface area contributed by atoms with E-state index >= 15 is 0 Å². The van der Waals surface area contributed by atoms with Gasteiger partial charge in [-0.25, -0.2) is 4.79 Å². The van der Waals surface area contributed by atoms with Crippen molar-refractivity contribution in [1.29, 1.82) is 0 Å². The van der Waals surface area contributed by atoms with E-state index in [9.17, 15) is 23.1 Å². The van der Waals surface area contributed by atoms with E-state index < -0.39 is 17.7 Å². The van der Waals surface area contributed by atoms with Crippen LogP contribution in [-0.2, 0) is 6.18 Å². The highest BCUT2D eigenvalue weighted by atomic mass is 35.5. The second kappa shape index (κ2) is 8.09. The summed E-state index contributed by atoms with van der Waals surface area (Å²) in [6.45, 7) is 0. The fourth-order valence-electron chi connectivity index (χ4n) is 2.31. The van der Waals surface area contributed by atoms with Crippen molar-refractivity contribution < 1.29 is 27.5 Å². The third-order valence-electron chi connectivity index (χ3n) is 3.62. The number of aromatic carboxylic acids is 1. The van der Waals surface area contributed by atoms with E-state index in [1.54, 1.807) is 30.6 Å². The highest BCUT2D eigenvalue weighted by Crippen LogP contribution is 2.32. The van der Waals surface area contributed by atoms with Crippen molar-refractivity contribution in [3.8, 4) is 11.3 Å². The Morgan fingerprint density at radius 2 is 1.67 bits per heavy atom. The first-order valence-electron chi connectivity index (χ1n) is 7.47. The van der Waals surface area contributed by atoms with Gasteiger partial charge >= 0.3 is 12.1 Å². The van der Waals surface area contributed by atoms with Crippen LogP contribution in [0, 0.1) is 0 Å². The molecule has 0 fully saturated rings. The molecule has 0 amide bonds. The van der Waals surface area contributed by atoms with Crippen LogP contribution in [-0.4, -0.2) is 16.1 Å². The predicted octanol–water partition coefficient (Wildman–Crippen LogP) is 5.65. The van der Waals surface area contributed by atoms with E-state index in [-0.39, 0.29) is 29.5 Å². The lowest BCUT2D eigenvalue weighted by Gasteiger charge is -2.06. The molecule has 2 heterocycles. The molecule has 0 radical (unpaired) electrons. The standard InChI is InChI=1S/C19H12F3NO3.ClH/c20-19(21,22)14-4-2-13(3-5-14)17-11-15(18(24)25)16(26-17)6-1-12-7-9-23-10-8-12;/h1-11H,(H,24,25);1H/b6-1+;. The van der Waals surface area contributed by atoms with Gasteiger partial charge in [-0.1, -0.05) is 18.2 Å². The topological polar surface area (TPSA) is 63.3 Å². The van der Waals surface area contributed by atoms with Crippen molar-refractivity contribution in [2.45, 2.75) is 6.18 Å². The Morgan fingerprint density at radius 3 is 2.22 bits per heavy atom. The molecule has 0 aliphatic heterocycles. The molecule has 0 saturated heterocycles. The molecule has 8 heteroatoms. The fraction of sp³-hybridized carbons (Fsp3) is 0.0526. The molecule has 4 nitrogen and oxygen atoms in total. The van der Waals surface area contributed by atoms with Gasteiger partial charge in [-0.05, 0) is 42.0 Å². The van der Waals surface area contributed by atoms with Crippen molar-refractivity contribution in [2.75, 3.05) is 0 Å². The van der Waals surface area contributed by atoms with E-state index in [1.165, 1.54) is 24.3 Å². The second-order valence-electron chi connectivity index (χ2n) is 5.38. The number of carboxylic acid groups (broad SMARTS) is 1. The first kappa shape index (κ1) is 20.3. The van der Waals surface area contributed by atoms with Crippen LogP contribution in [0.2, 0.25) is 0 Å². The third-order valence-corrected chi connectivity index (χ3v) is 3.62. The van der Waals surface area contributed by atoms with E-state index in [0.717, 1.165) is 17.7 Å². The molecule has 0 unspecified atom stereocenters. The van der Waals surface area contributed by atoms with Crippen molar-refractivity contribution in [3.63, 3.8) is 0 Å². The quantitative estimate of drug-likeness (QED) is 0.620. The molecule has 140 valence electrons. The molecule has 27 heavy (non-hydrogen) atoms. The van der Waals surface area contributed by atoms with Crippen molar-refractivity contribution in [3.05, 3.63) is 77.3 Å². The average Bonchev–Trinajstić information content (AvgIpc) is 3.05. The van der Waals surface area contributed by atoms with Crippen LogP contribution in [0.4, 0.5) is 13.2 Å². The maximum atomic E-state index is 12.6. The predicted molar refractivity (Wildman–Crippen MR) is 96.5 cm³/mol. The van der Waals surface area contributed by atoms with Gasteiger partial charge < -0.3 is 9.52 Å². The summed E-state index contributed by atoms with van der Waals surface area (Å²) in [7, 11) is 0. The smallest absolute Gasteiger partial charge is 0.416 e. The Labute approximate surface area is 158 Å². The van der Waals surface area contributed by atoms with Crippen LogP contribution in [0.15, 0.2) is 59.3 Å². The van der Waals surface area contributed by atoms with Crippen molar-refractivity contribution >= 4 is 30.5 Å². The zero-order chi connectivity index (χ0) is 18.7. The summed E-state index contributed by atoms with van der Waals surface area (Å²) < 4.78 is 43.5. The minimum atomic E-state index is -4.44. The minimum absolute atomic E-state index is 0. The summed E-state index contributed by atoms with van der Waals surface area (Å²) in [6.07, 6.45) is 1.89. The van der Waals surface area contributed by atoms with Crippen LogP contribution >= 0.6 is 12.4 Å². The Balaban J connectivity index is 0.00000261. The maximum absolute atomic E-state index is 12.6. The van der Waals surface area contributed by atoms with Crippen LogP contribution in [0.3, 0.4) is 0 Å². The van der Waals surface area contributed by atoms with E-state index in [1.807, 2.05) is 0 Å². The maximum Gasteiger partial charge on any atom is 0.416 e. The summed E-state index contributed by atoms with van der Waals surface area (Å²) in [6, 6.07) is 9.08. The molecule has 3 aromatic rings. The number of hydrogen-bond acceptors (Lipinski definition) is 3. The Bertz CT molecular complexity index is 949. The third kappa shape index (κ3) is 4.77. The summed E-state index contributed by atoms with van der Waals surface area (Å²) in [5.74, 6) is -0.920. The molecule has 0 atom stereocenters. The lowest BCUT2D eigenvalue weighted by molar-refractivity contribution is -0.137. The molecule has 1 aromatic carbocycles. The van der Waals surface area contributed by atoms with Gasteiger partial charge in [0.1, 0.15) is 17.1 Å². The molecule has 0 aliphatic carbocycles. The number of aromatic nitrogens is 1. The molecule has 0 aliphatic rings. The Hall–Kier alpha value is -3.06. The number of hydrogen-bond donors (Lipinski definition) is 1. The minimum Gasteiger partial charge on any atom is -0.478 e. The highest BCUT2D eigenvalue weighted by molar-refractivity contribution is 5.93. The van der Waals surface area contributed by atoms with Crippen LogP contribution in [0.25, 0.3) is 23.5 Å². The summed E-state index contributed by atoms with van der Waals surface area (Å²) in [5, 5.41) is 9.32. The van der Waals surface area contributed by atoms with Gasteiger partial charge in [0, 0.05) is 18.0 Å². The first-order valence-corrected chi connectivity index (χ1v) is 7.47. The molecule has 0 spiro atoms. The number of benzene rings is 1. The number of alkyl halides is 3. The molecule has 0 saturated carbocycles. The number of carboxylic acids is 1. The first-order chi connectivity index (χ1) is 12.3.